The molecular formula is C13H17FN2O3. The third-order valence-corrected chi connectivity index (χ3v) is 3.49. The topological polar surface area (TPSA) is 55.6 Å². The van der Waals surface area contributed by atoms with E-state index < -0.39 is 16.4 Å². The highest BCUT2D eigenvalue weighted by Gasteiger charge is 2.22. The van der Waals surface area contributed by atoms with E-state index in [0.717, 1.165) is 12.8 Å². The van der Waals surface area contributed by atoms with Crippen molar-refractivity contribution >= 4 is 5.69 Å². The first-order valence-electron chi connectivity index (χ1n) is 6.29. The average Bonchev–Trinajstić information content (AvgIpc) is 2.41. The van der Waals surface area contributed by atoms with Crippen molar-refractivity contribution in [1.29, 1.82) is 0 Å². The van der Waals surface area contributed by atoms with E-state index in [1.54, 1.807) is 6.07 Å². The number of nitro benzene ring substituents is 1. The second kappa shape index (κ2) is 6.08. The molecule has 0 radical (unpaired) electrons. The molecular weight excluding hydrogens is 251 g/mol. The number of nitro groups is 1. The van der Waals surface area contributed by atoms with Gasteiger partial charge in [0.1, 0.15) is 0 Å². The van der Waals surface area contributed by atoms with Crippen molar-refractivity contribution < 1.29 is 14.1 Å². The Hall–Kier alpha value is -1.53. The first-order chi connectivity index (χ1) is 9.09. The Morgan fingerprint density at radius 2 is 2.16 bits per heavy atom. The van der Waals surface area contributed by atoms with E-state index in [1.807, 2.05) is 11.9 Å². The average molecular weight is 268 g/mol. The summed E-state index contributed by atoms with van der Waals surface area (Å²) in [5.41, 5.74) is -0.0962. The summed E-state index contributed by atoms with van der Waals surface area (Å²) >= 11 is 0. The van der Waals surface area contributed by atoms with Crippen LogP contribution in [0.5, 0.6) is 0 Å². The van der Waals surface area contributed by atoms with E-state index in [1.165, 1.54) is 12.1 Å². The summed E-state index contributed by atoms with van der Waals surface area (Å²) in [6.07, 6.45) is 1.82. The van der Waals surface area contributed by atoms with Gasteiger partial charge in [0.25, 0.3) is 0 Å². The molecule has 6 heteroatoms. The maximum atomic E-state index is 14.0. The van der Waals surface area contributed by atoms with Crippen LogP contribution in [0.25, 0.3) is 0 Å². The van der Waals surface area contributed by atoms with E-state index in [2.05, 4.69) is 0 Å². The van der Waals surface area contributed by atoms with Crippen LogP contribution in [-0.4, -0.2) is 36.1 Å². The maximum Gasteiger partial charge on any atom is 0.305 e. The molecule has 19 heavy (non-hydrogen) atoms. The minimum atomic E-state index is -0.730. The van der Waals surface area contributed by atoms with Crippen molar-refractivity contribution in [3.05, 3.63) is 39.7 Å². The molecule has 1 aromatic carbocycles. The standard InChI is InChI=1S/C13H17FN2O3/c1-15(11-5-7-19-8-6-11)9-10-3-2-4-12(13(10)14)16(17)18/h2-4,11H,5-9H2,1H3. The van der Waals surface area contributed by atoms with E-state index in [9.17, 15) is 14.5 Å². The van der Waals surface area contributed by atoms with Crippen molar-refractivity contribution in [3.63, 3.8) is 0 Å². The summed E-state index contributed by atoms with van der Waals surface area (Å²) in [6, 6.07) is 4.65. The van der Waals surface area contributed by atoms with Gasteiger partial charge in [0.2, 0.25) is 5.82 Å². The minimum absolute atomic E-state index is 0.340. The van der Waals surface area contributed by atoms with Gasteiger partial charge in [0.15, 0.2) is 0 Å². The largest absolute Gasteiger partial charge is 0.381 e. The number of benzene rings is 1. The highest BCUT2D eigenvalue weighted by Crippen LogP contribution is 2.23. The molecule has 0 saturated carbocycles. The van der Waals surface area contributed by atoms with Gasteiger partial charge in [-0.2, -0.15) is 4.39 Å². The van der Waals surface area contributed by atoms with Crippen molar-refractivity contribution in [2.24, 2.45) is 0 Å². The van der Waals surface area contributed by atoms with Gasteiger partial charge < -0.3 is 4.74 Å². The molecule has 0 aromatic heterocycles. The number of rotatable bonds is 4. The summed E-state index contributed by atoms with van der Waals surface area (Å²) in [4.78, 5) is 12.0. The number of ether oxygens (including phenoxy) is 1. The Kier molecular flexibility index (Phi) is 4.44. The summed E-state index contributed by atoms with van der Waals surface area (Å²) in [7, 11) is 1.91. The summed E-state index contributed by atoms with van der Waals surface area (Å²) < 4.78 is 19.2. The van der Waals surface area contributed by atoms with Crippen molar-refractivity contribution in [1.82, 2.24) is 4.90 Å². The molecule has 1 fully saturated rings. The van der Waals surface area contributed by atoms with Gasteiger partial charge in [-0.25, -0.2) is 0 Å². The fraction of sp³-hybridized carbons (Fsp3) is 0.538. The van der Waals surface area contributed by atoms with Crippen LogP contribution in [0.1, 0.15) is 18.4 Å². The predicted molar refractivity (Wildman–Crippen MR) is 68.4 cm³/mol. The Morgan fingerprint density at radius 1 is 1.47 bits per heavy atom. The maximum absolute atomic E-state index is 14.0. The molecule has 2 rings (SSSR count). The van der Waals surface area contributed by atoms with Gasteiger partial charge in [-0.15, -0.1) is 0 Å². The van der Waals surface area contributed by atoms with Crippen LogP contribution in [0.2, 0.25) is 0 Å². The Bertz CT molecular complexity index is 461. The first-order valence-corrected chi connectivity index (χ1v) is 6.29. The van der Waals surface area contributed by atoms with Gasteiger partial charge in [-0.3, -0.25) is 15.0 Å². The summed E-state index contributed by atoms with van der Waals surface area (Å²) in [6.45, 7) is 1.80. The molecule has 1 heterocycles. The lowest BCUT2D eigenvalue weighted by Gasteiger charge is -2.31. The molecule has 104 valence electrons. The van der Waals surface area contributed by atoms with Crippen LogP contribution in [0.15, 0.2) is 18.2 Å². The lowest BCUT2D eigenvalue weighted by molar-refractivity contribution is -0.387. The summed E-state index contributed by atoms with van der Waals surface area (Å²) in [5.74, 6) is -0.730. The zero-order chi connectivity index (χ0) is 13.8. The smallest absolute Gasteiger partial charge is 0.305 e. The highest BCUT2D eigenvalue weighted by molar-refractivity contribution is 5.36. The lowest BCUT2D eigenvalue weighted by atomic mass is 10.1. The molecule has 1 aromatic rings. The number of nitrogens with zero attached hydrogens (tertiary/aromatic N) is 2. The van der Waals surface area contributed by atoms with E-state index in [-0.39, 0.29) is 0 Å². The van der Waals surface area contributed by atoms with Crippen LogP contribution < -0.4 is 0 Å². The molecule has 0 aliphatic carbocycles. The summed E-state index contributed by atoms with van der Waals surface area (Å²) in [5, 5.41) is 10.7. The van der Waals surface area contributed by atoms with Crippen molar-refractivity contribution in [3.8, 4) is 0 Å². The molecule has 5 nitrogen and oxygen atoms in total. The third kappa shape index (κ3) is 3.27. The molecule has 1 saturated heterocycles. The Morgan fingerprint density at radius 3 is 2.79 bits per heavy atom. The fourth-order valence-corrected chi connectivity index (χ4v) is 2.35. The third-order valence-electron chi connectivity index (χ3n) is 3.49. The Balaban J connectivity index is 2.10. The van der Waals surface area contributed by atoms with Crippen LogP contribution in [0, 0.1) is 15.9 Å². The molecule has 0 atom stereocenters. The van der Waals surface area contributed by atoms with Gasteiger partial charge in [-0.1, -0.05) is 12.1 Å². The van der Waals surface area contributed by atoms with Gasteiger partial charge >= 0.3 is 5.69 Å². The second-order valence-electron chi connectivity index (χ2n) is 4.77. The van der Waals surface area contributed by atoms with Gasteiger partial charge in [0.05, 0.1) is 4.92 Å². The predicted octanol–water partition coefficient (Wildman–Crippen LogP) is 2.34. The highest BCUT2D eigenvalue weighted by atomic mass is 19.1. The fourth-order valence-electron chi connectivity index (χ4n) is 2.35. The van der Waals surface area contributed by atoms with Crippen LogP contribution in [0.4, 0.5) is 10.1 Å². The van der Waals surface area contributed by atoms with E-state index in [0.29, 0.717) is 31.4 Å². The number of halogens is 1. The van der Waals surface area contributed by atoms with Crippen molar-refractivity contribution in [2.75, 3.05) is 20.3 Å². The molecule has 0 bridgehead atoms. The molecule has 0 N–H and O–H groups in total. The van der Waals surface area contributed by atoms with Crippen LogP contribution >= 0.6 is 0 Å². The zero-order valence-electron chi connectivity index (χ0n) is 10.8. The quantitative estimate of drug-likeness (QED) is 0.621. The molecule has 1 aliphatic heterocycles. The molecule has 0 spiro atoms. The SMILES string of the molecule is CN(Cc1cccc([N+](=O)[O-])c1F)C1CCOCC1. The molecule has 0 unspecified atom stereocenters. The van der Waals surface area contributed by atoms with E-state index >= 15 is 0 Å². The second-order valence-corrected chi connectivity index (χ2v) is 4.77. The molecule has 0 amide bonds. The lowest BCUT2D eigenvalue weighted by Crippen LogP contribution is -2.36. The normalized spacial score (nSPS) is 16.8. The van der Waals surface area contributed by atoms with Gasteiger partial charge in [0, 0.05) is 37.4 Å². The van der Waals surface area contributed by atoms with Crippen LogP contribution in [0.3, 0.4) is 0 Å². The zero-order valence-corrected chi connectivity index (χ0v) is 10.8. The first kappa shape index (κ1) is 13.9. The monoisotopic (exact) mass is 268 g/mol. The number of hydrogen-bond acceptors (Lipinski definition) is 4. The van der Waals surface area contributed by atoms with Crippen LogP contribution in [-0.2, 0) is 11.3 Å². The number of hydrogen-bond donors (Lipinski definition) is 0. The Labute approximate surface area is 111 Å². The molecule has 1 aliphatic rings. The minimum Gasteiger partial charge on any atom is -0.381 e. The van der Waals surface area contributed by atoms with Crippen molar-refractivity contribution in [2.45, 2.75) is 25.4 Å². The van der Waals surface area contributed by atoms with Gasteiger partial charge in [-0.05, 0) is 19.9 Å². The van der Waals surface area contributed by atoms with E-state index in [4.69, 9.17) is 4.74 Å².